The molecule has 10 aromatic rings. The highest BCUT2D eigenvalue weighted by Crippen LogP contribution is 2.63. The molecule has 0 saturated heterocycles. The van der Waals surface area contributed by atoms with Crippen LogP contribution in [0.1, 0.15) is 54.2 Å². The second kappa shape index (κ2) is 13.6. The van der Waals surface area contributed by atoms with Crippen LogP contribution in [0.5, 0.6) is 0 Å². The predicted octanol–water partition coefficient (Wildman–Crippen LogP) is 12.4. The minimum absolute atomic E-state index is 0.114. The van der Waals surface area contributed by atoms with Crippen molar-refractivity contribution in [2.45, 2.75) is 31.6 Å². The number of fused-ring (bicyclic) bond motifs is 15. The third kappa shape index (κ3) is 4.94. The zero-order chi connectivity index (χ0) is 43.9. The van der Waals surface area contributed by atoms with Gasteiger partial charge in [-0.2, -0.15) is 0 Å². The fourth-order valence-electron chi connectivity index (χ4n) is 12.6. The van der Waals surface area contributed by atoms with E-state index in [4.69, 9.17) is 9.97 Å². The van der Waals surface area contributed by atoms with Crippen molar-refractivity contribution in [1.82, 2.24) is 14.5 Å². The van der Waals surface area contributed by atoms with Gasteiger partial charge in [-0.25, -0.2) is 9.97 Å². The zero-order valence-electron chi connectivity index (χ0n) is 37.1. The number of benzene rings is 8. The highest BCUT2D eigenvalue weighted by molar-refractivity contribution is 6.96. The van der Waals surface area contributed by atoms with Crippen molar-refractivity contribution in [3.8, 4) is 28.3 Å². The molecule has 1 spiro atoms. The molecule has 310 valence electrons. The van der Waals surface area contributed by atoms with Crippen LogP contribution in [-0.2, 0) is 10.8 Å². The SMILES string of the molecule is CC1C=CC2=C(C=C1)C1(c3ccc(-c4nc(-n5c6ccccc6c6cc7c(cc65)C(C)(C)c5ccccc5B7c5ccccc5)nc5ccccc45)cc32)c2ccccc2-c2ccccc21. The first-order chi connectivity index (χ1) is 32.4. The van der Waals surface area contributed by atoms with Crippen molar-refractivity contribution in [3.05, 3.63) is 245 Å². The van der Waals surface area contributed by atoms with Crippen LogP contribution < -0.4 is 16.4 Å². The second-order valence-electron chi connectivity index (χ2n) is 19.3. The average Bonchev–Trinajstić information content (AvgIpc) is 3.88. The molecular weight excluding hydrogens is 798 g/mol. The summed E-state index contributed by atoms with van der Waals surface area (Å²) < 4.78 is 2.32. The highest BCUT2D eigenvalue weighted by atomic mass is 15.2. The van der Waals surface area contributed by atoms with E-state index in [2.05, 4.69) is 232 Å². The molecule has 4 aliphatic rings. The summed E-state index contributed by atoms with van der Waals surface area (Å²) in [6, 6.07) is 67.5. The topological polar surface area (TPSA) is 30.7 Å². The van der Waals surface area contributed by atoms with E-state index >= 15 is 0 Å². The first-order valence-electron chi connectivity index (χ1n) is 23.4. The zero-order valence-corrected chi connectivity index (χ0v) is 37.1. The van der Waals surface area contributed by atoms with E-state index in [0.717, 1.165) is 33.2 Å². The lowest BCUT2D eigenvalue weighted by molar-refractivity contribution is 0.646. The van der Waals surface area contributed by atoms with Crippen molar-refractivity contribution in [2.24, 2.45) is 5.92 Å². The van der Waals surface area contributed by atoms with Crippen LogP contribution in [-0.4, -0.2) is 21.2 Å². The van der Waals surface area contributed by atoms with Gasteiger partial charge in [0.2, 0.25) is 12.7 Å². The summed E-state index contributed by atoms with van der Waals surface area (Å²) in [5, 5.41) is 3.44. The van der Waals surface area contributed by atoms with E-state index in [0.29, 0.717) is 11.9 Å². The van der Waals surface area contributed by atoms with E-state index in [-0.39, 0.29) is 12.1 Å². The number of nitrogens with zero attached hydrogens (tertiary/aromatic N) is 3. The second-order valence-corrected chi connectivity index (χ2v) is 19.3. The lowest BCUT2D eigenvalue weighted by Gasteiger charge is -2.39. The fourth-order valence-corrected chi connectivity index (χ4v) is 12.6. The third-order valence-electron chi connectivity index (χ3n) is 15.5. The normalized spacial score (nSPS) is 16.9. The minimum Gasteiger partial charge on any atom is -0.278 e. The Morgan fingerprint density at radius 2 is 1.15 bits per heavy atom. The van der Waals surface area contributed by atoms with E-state index in [1.54, 1.807) is 0 Å². The van der Waals surface area contributed by atoms with Crippen LogP contribution in [0.15, 0.2) is 212 Å². The summed E-state index contributed by atoms with van der Waals surface area (Å²) in [7, 11) is 0. The maximum absolute atomic E-state index is 5.69. The average molecular weight is 842 g/mol. The van der Waals surface area contributed by atoms with E-state index in [1.807, 2.05) is 0 Å². The minimum atomic E-state index is -0.421. The Morgan fingerprint density at radius 1 is 0.500 bits per heavy atom. The molecule has 0 amide bonds. The lowest BCUT2D eigenvalue weighted by atomic mass is 9.31. The Balaban J connectivity index is 1.01. The molecule has 1 atom stereocenters. The van der Waals surface area contributed by atoms with Gasteiger partial charge in [-0.1, -0.05) is 219 Å². The van der Waals surface area contributed by atoms with Crippen LogP contribution >= 0.6 is 0 Å². The molecule has 0 N–H and O–H groups in total. The predicted molar refractivity (Wildman–Crippen MR) is 275 cm³/mol. The summed E-state index contributed by atoms with van der Waals surface area (Å²) >= 11 is 0. The molecule has 4 heteroatoms. The van der Waals surface area contributed by atoms with Gasteiger partial charge in [-0.3, -0.25) is 4.57 Å². The Labute approximate surface area is 385 Å². The summed E-state index contributed by atoms with van der Waals surface area (Å²) in [5.74, 6) is 0.992. The largest absolute Gasteiger partial charge is 0.278 e. The Bertz CT molecular complexity index is 3780. The number of hydrogen-bond donors (Lipinski definition) is 0. The van der Waals surface area contributed by atoms with E-state index in [9.17, 15) is 0 Å². The Hall–Kier alpha value is -7.82. The van der Waals surface area contributed by atoms with Gasteiger partial charge in [0.15, 0.2) is 0 Å². The first kappa shape index (κ1) is 37.5. The molecule has 1 aliphatic heterocycles. The van der Waals surface area contributed by atoms with Crippen LogP contribution in [0.4, 0.5) is 0 Å². The first-order valence-corrected chi connectivity index (χ1v) is 23.4. The molecule has 0 bridgehead atoms. The van der Waals surface area contributed by atoms with Crippen molar-refractivity contribution >= 4 is 61.4 Å². The van der Waals surface area contributed by atoms with Gasteiger partial charge in [0, 0.05) is 27.1 Å². The summed E-state index contributed by atoms with van der Waals surface area (Å²) in [5.41, 5.74) is 21.7. The number of rotatable bonds is 3. The van der Waals surface area contributed by atoms with Gasteiger partial charge in [-0.05, 0) is 85.8 Å². The number of aromatic nitrogens is 3. The smallest absolute Gasteiger partial charge is 0.242 e. The fraction of sp³-hybridized carbons (Fsp3) is 0.0968. The third-order valence-corrected chi connectivity index (χ3v) is 15.5. The highest BCUT2D eigenvalue weighted by Gasteiger charge is 2.52. The van der Waals surface area contributed by atoms with Gasteiger partial charge in [0.1, 0.15) is 0 Å². The maximum atomic E-state index is 5.69. The van der Waals surface area contributed by atoms with Gasteiger partial charge in [0.05, 0.1) is 27.7 Å². The molecule has 0 radical (unpaired) electrons. The van der Waals surface area contributed by atoms with Gasteiger partial charge < -0.3 is 0 Å². The molecule has 3 nitrogen and oxygen atoms in total. The Morgan fingerprint density at radius 3 is 1.95 bits per heavy atom. The van der Waals surface area contributed by atoms with E-state index in [1.165, 1.54) is 82.8 Å². The molecule has 3 aliphatic carbocycles. The standard InChI is InChI=1S/C62H44BN3/c1-38-29-32-43-46-35-39(31-34-51(46)62(50(43)33-30-38)48-23-11-7-19-41(48)42-20-8-12-24-49(42)62)59-45-22-9-15-27-56(45)64-60(65-59)66-57-28-16-10-21-44(57)47-36-55-53(37-58(47)66)61(2,3)52-25-13-14-26-54(52)63(55)40-17-5-4-6-18-40/h4-38H,1-3H3. The van der Waals surface area contributed by atoms with Crippen LogP contribution in [0.2, 0.25) is 0 Å². The van der Waals surface area contributed by atoms with Crippen molar-refractivity contribution in [1.29, 1.82) is 0 Å². The number of para-hydroxylation sites is 2. The summed E-state index contributed by atoms with van der Waals surface area (Å²) in [6.45, 7) is 7.16. The molecule has 8 aromatic carbocycles. The van der Waals surface area contributed by atoms with Crippen LogP contribution in [0, 0.1) is 5.92 Å². The quantitative estimate of drug-likeness (QED) is 0.166. The van der Waals surface area contributed by atoms with Gasteiger partial charge in [0.25, 0.3) is 0 Å². The monoisotopic (exact) mass is 841 g/mol. The molecule has 0 saturated carbocycles. The molecule has 2 aromatic heterocycles. The number of hydrogen-bond acceptors (Lipinski definition) is 2. The van der Waals surface area contributed by atoms with Gasteiger partial charge >= 0.3 is 0 Å². The molecule has 14 rings (SSSR count). The number of allylic oxidation sites excluding steroid dienone is 6. The Kier molecular flexibility index (Phi) is 7.74. The lowest BCUT2D eigenvalue weighted by Crippen LogP contribution is -2.60. The van der Waals surface area contributed by atoms with Crippen LogP contribution in [0.3, 0.4) is 0 Å². The molecule has 66 heavy (non-hydrogen) atoms. The maximum Gasteiger partial charge on any atom is 0.242 e. The summed E-state index contributed by atoms with van der Waals surface area (Å²) in [4.78, 5) is 11.1. The summed E-state index contributed by atoms with van der Waals surface area (Å²) in [6.07, 6.45) is 9.51. The molecule has 1 unspecified atom stereocenters. The van der Waals surface area contributed by atoms with Crippen LogP contribution in [0.25, 0.3) is 66.6 Å². The van der Waals surface area contributed by atoms with Gasteiger partial charge in [-0.15, -0.1) is 0 Å². The van der Waals surface area contributed by atoms with Crippen molar-refractivity contribution in [2.75, 3.05) is 0 Å². The van der Waals surface area contributed by atoms with Crippen molar-refractivity contribution < 1.29 is 0 Å². The molecule has 0 fully saturated rings. The molecular formula is C62H44BN3. The molecule has 3 heterocycles. The van der Waals surface area contributed by atoms with Crippen molar-refractivity contribution in [3.63, 3.8) is 0 Å². The van der Waals surface area contributed by atoms with E-state index < -0.39 is 5.41 Å².